The summed E-state index contributed by atoms with van der Waals surface area (Å²) in [6.45, 7) is 4.32. The molecule has 1 nitrogen and oxygen atoms in total. The Kier molecular flexibility index (Phi) is 5.86. The quantitative estimate of drug-likeness (QED) is 0.247. The lowest BCUT2D eigenvalue weighted by Gasteiger charge is -2.43. The van der Waals surface area contributed by atoms with Crippen molar-refractivity contribution in [3.8, 4) is 22.3 Å². The van der Waals surface area contributed by atoms with E-state index in [1.165, 1.54) is 55.6 Å². The first kappa shape index (κ1) is 24.2. The van der Waals surface area contributed by atoms with Gasteiger partial charge in [-0.25, -0.2) is 0 Å². The van der Waals surface area contributed by atoms with Crippen molar-refractivity contribution in [2.45, 2.75) is 19.3 Å². The Morgan fingerprint density at radius 3 is 1.25 bits per heavy atom. The van der Waals surface area contributed by atoms with Crippen LogP contribution < -0.4 is 5.32 Å². The number of benzene rings is 6. The van der Waals surface area contributed by atoms with Crippen LogP contribution in [0.4, 0.5) is 11.4 Å². The molecule has 1 heterocycles. The van der Waals surface area contributed by atoms with Gasteiger partial charge in [0.15, 0.2) is 0 Å². The van der Waals surface area contributed by atoms with Gasteiger partial charge in [-0.1, -0.05) is 132 Å². The fraction of sp³-hybridized carbons (Fsp3) is 0.0769. The minimum atomic E-state index is -0.502. The lowest BCUT2D eigenvalue weighted by molar-refractivity contribution is 0.741. The van der Waals surface area contributed by atoms with E-state index in [-0.39, 0.29) is 0 Å². The zero-order valence-electron chi connectivity index (χ0n) is 22.9. The standard InChI is InChI=1S/C39H31N/c1-27-11-9-13-29(23-27)31-19-21-37-35(25-31)39(33-15-5-3-6-16-33,34-17-7-4-8-18-34)36-26-32(20-22-38(36)40-37)30-14-10-12-28(2)24-30/h3-26,40H,1-2H3. The second-order valence-electron chi connectivity index (χ2n) is 10.9. The summed E-state index contributed by atoms with van der Waals surface area (Å²) in [4.78, 5) is 0. The first-order valence-electron chi connectivity index (χ1n) is 13.9. The second kappa shape index (κ2) is 9.70. The largest absolute Gasteiger partial charge is 0.355 e. The van der Waals surface area contributed by atoms with E-state index in [1.807, 2.05) is 0 Å². The molecule has 0 saturated carbocycles. The lowest BCUT2D eigenvalue weighted by atomic mass is 9.62. The molecule has 0 aliphatic carbocycles. The molecule has 40 heavy (non-hydrogen) atoms. The van der Waals surface area contributed by atoms with E-state index in [0.29, 0.717) is 0 Å². The van der Waals surface area contributed by atoms with Gasteiger partial charge in [0, 0.05) is 11.4 Å². The Labute approximate surface area is 236 Å². The number of hydrogen-bond acceptors (Lipinski definition) is 1. The topological polar surface area (TPSA) is 12.0 Å². The Morgan fingerprint density at radius 1 is 0.400 bits per heavy atom. The van der Waals surface area contributed by atoms with E-state index in [9.17, 15) is 0 Å². The van der Waals surface area contributed by atoms with E-state index in [4.69, 9.17) is 0 Å². The van der Waals surface area contributed by atoms with E-state index >= 15 is 0 Å². The highest BCUT2D eigenvalue weighted by atomic mass is 14.9. The molecule has 0 radical (unpaired) electrons. The van der Waals surface area contributed by atoms with Crippen LogP contribution in [-0.2, 0) is 5.41 Å². The summed E-state index contributed by atoms with van der Waals surface area (Å²) in [6.07, 6.45) is 0. The third kappa shape index (κ3) is 3.94. The molecule has 192 valence electrons. The van der Waals surface area contributed by atoms with E-state index in [1.54, 1.807) is 0 Å². The van der Waals surface area contributed by atoms with Gasteiger partial charge in [0.05, 0.1) is 5.41 Å². The normalized spacial score (nSPS) is 13.2. The zero-order valence-corrected chi connectivity index (χ0v) is 22.9. The van der Waals surface area contributed by atoms with Crippen LogP contribution in [0.2, 0.25) is 0 Å². The molecule has 1 N–H and O–H groups in total. The molecule has 0 unspecified atom stereocenters. The van der Waals surface area contributed by atoms with Gasteiger partial charge in [0.1, 0.15) is 0 Å². The minimum absolute atomic E-state index is 0.502. The lowest BCUT2D eigenvalue weighted by Crippen LogP contribution is -2.35. The van der Waals surface area contributed by atoms with Crippen LogP contribution in [-0.4, -0.2) is 0 Å². The third-order valence-electron chi connectivity index (χ3n) is 8.23. The number of rotatable bonds is 4. The van der Waals surface area contributed by atoms with Crippen molar-refractivity contribution in [1.29, 1.82) is 0 Å². The molecule has 0 fully saturated rings. The maximum atomic E-state index is 3.81. The molecule has 0 amide bonds. The summed E-state index contributed by atoms with van der Waals surface area (Å²) in [7, 11) is 0. The van der Waals surface area contributed by atoms with Crippen LogP contribution in [0.15, 0.2) is 146 Å². The average molecular weight is 514 g/mol. The van der Waals surface area contributed by atoms with Gasteiger partial charge < -0.3 is 5.32 Å². The first-order chi connectivity index (χ1) is 19.6. The third-order valence-corrected chi connectivity index (χ3v) is 8.23. The van der Waals surface area contributed by atoms with Gasteiger partial charge in [-0.2, -0.15) is 0 Å². The number of aryl methyl sites for hydroxylation is 2. The fourth-order valence-corrected chi connectivity index (χ4v) is 6.39. The summed E-state index contributed by atoms with van der Waals surface area (Å²) < 4.78 is 0. The van der Waals surface area contributed by atoms with Crippen molar-refractivity contribution < 1.29 is 0 Å². The number of nitrogens with one attached hydrogen (secondary N) is 1. The molecule has 0 aromatic heterocycles. The maximum Gasteiger partial charge on any atom is 0.0742 e. The SMILES string of the molecule is Cc1cccc(-c2ccc3c(c2)C(c2ccccc2)(c2ccccc2)c2cc(-c4cccc(C)c4)ccc2N3)c1. The van der Waals surface area contributed by atoms with Gasteiger partial charge in [-0.3, -0.25) is 0 Å². The molecular weight excluding hydrogens is 482 g/mol. The molecule has 6 aromatic carbocycles. The molecule has 0 saturated heterocycles. The minimum Gasteiger partial charge on any atom is -0.355 e. The average Bonchev–Trinajstić information content (AvgIpc) is 3.00. The van der Waals surface area contributed by atoms with Gasteiger partial charge in [0.25, 0.3) is 0 Å². The van der Waals surface area contributed by atoms with Crippen LogP contribution in [0.25, 0.3) is 22.3 Å². The van der Waals surface area contributed by atoms with Crippen molar-refractivity contribution in [1.82, 2.24) is 0 Å². The van der Waals surface area contributed by atoms with Gasteiger partial charge in [-0.15, -0.1) is 0 Å². The Morgan fingerprint density at radius 2 is 0.825 bits per heavy atom. The number of anilines is 2. The van der Waals surface area contributed by atoms with E-state index in [2.05, 4.69) is 165 Å². The predicted octanol–water partition coefficient (Wildman–Crippen LogP) is 10.1. The maximum absolute atomic E-state index is 3.81. The van der Waals surface area contributed by atoms with Crippen molar-refractivity contribution in [3.63, 3.8) is 0 Å². The summed E-state index contributed by atoms with van der Waals surface area (Å²) in [5, 5.41) is 3.81. The summed E-state index contributed by atoms with van der Waals surface area (Å²) in [6, 6.07) is 53.4. The first-order valence-corrected chi connectivity index (χ1v) is 13.9. The van der Waals surface area contributed by atoms with Gasteiger partial charge in [-0.05, 0) is 82.6 Å². The van der Waals surface area contributed by atoms with Crippen molar-refractivity contribution in [2.75, 3.05) is 5.32 Å². The van der Waals surface area contributed by atoms with Crippen LogP contribution in [0, 0.1) is 13.8 Å². The molecule has 0 bridgehead atoms. The summed E-state index contributed by atoms with van der Waals surface area (Å²) in [5.74, 6) is 0. The van der Waals surface area contributed by atoms with Crippen LogP contribution in [0.1, 0.15) is 33.4 Å². The Bertz CT molecular complexity index is 1700. The number of fused-ring (bicyclic) bond motifs is 2. The molecule has 0 atom stereocenters. The molecule has 1 aliphatic rings. The predicted molar refractivity (Wildman–Crippen MR) is 168 cm³/mol. The van der Waals surface area contributed by atoms with Crippen LogP contribution in [0.5, 0.6) is 0 Å². The van der Waals surface area contributed by atoms with Crippen molar-refractivity contribution >= 4 is 11.4 Å². The summed E-state index contributed by atoms with van der Waals surface area (Å²) >= 11 is 0. The molecular formula is C39H31N. The molecule has 7 rings (SSSR count). The van der Waals surface area contributed by atoms with Crippen molar-refractivity contribution in [3.05, 3.63) is 179 Å². The summed E-state index contributed by atoms with van der Waals surface area (Å²) in [5.41, 5.74) is 14.2. The van der Waals surface area contributed by atoms with Gasteiger partial charge >= 0.3 is 0 Å². The molecule has 6 aromatic rings. The highest BCUT2D eigenvalue weighted by Gasteiger charge is 2.44. The van der Waals surface area contributed by atoms with E-state index < -0.39 is 5.41 Å². The highest BCUT2D eigenvalue weighted by Crippen LogP contribution is 2.54. The second-order valence-corrected chi connectivity index (χ2v) is 10.9. The van der Waals surface area contributed by atoms with E-state index in [0.717, 1.165) is 11.4 Å². The molecule has 0 spiro atoms. The highest BCUT2D eigenvalue weighted by molar-refractivity contribution is 5.86. The molecule has 1 heteroatoms. The Balaban J connectivity index is 1.58. The van der Waals surface area contributed by atoms with Crippen molar-refractivity contribution in [2.24, 2.45) is 0 Å². The van der Waals surface area contributed by atoms with Gasteiger partial charge in [0.2, 0.25) is 0 Å². The molecule has 1 aliphatic heterocycles. The van der Waals surface area contributed by atoms with Crippen LogP contribution >= 0.6 is 0 Å². The Hall–Kier alpha value is -4.88. The zero-order chi connectivity index (χ0) is 27.1. The van der Waals surface area contributed by atoms with Crippen LogP contribution in [0.3, 0.4) is 0 Å². The fourth-order valence-electron chi connectivity index (χ4n) is 6.39. The smallest absolute Gasteiger partial charge is 0.0742 e. The number of hydrogen-bond donors (Lipinski definition) is 1. The monoisotopic (exact) mass is 513 g/mol.